The third kappa shape index (κ3) is 2.68. The maximum Gasteiger partial charge on any atom is 0.404 e. The maximum absolute atomic E-state index is 13.6. The molecule has 4 heteroatoms. The van der Waals surface area contributed by atoms with Gasteiger partial charge in [-0.05, 0) is 12.8 Å². The van der Waals surface area contributed by atoms with Crippen molar-refractivity contribution in [1.82, 2.24) is 0 Å². The van der Waals surface area contributed by atoms with Crippen molar-refractivity contribution >= 4 is 6.09 Å². The van der Waals surface area contributed by atoms with Crippen molar-refractivity contribution in [3.63, 3.8) is 0 Å². The van der Waals surface area contributed by atoms with Gasteiger partial charge in [0, 0.05) is 0 Å². The van der Waals surface area contributed by atoms with E-state index in [0.29, 0.717) is 12.8 Å². The van der Waals surface area contributed by atoms with E-state index in [4.69, 9.17) is 5.73 Å². The summed E-state index contributed by atoms with van der Waals surface area (Å²) in [5.41, 5.74) is 3.43. The molecule has 1 rings (SSSR count). The highest BCUT2D eigenvalue weighted by Gasteiger charge is 2.32. The molecule has 1 saturated carbocycles. The Balaban J connectivity index is 2.31. The lowest BCUT2D eigenvalue weighted by Gasteiger charge is -2.28. The summed E-state index contributed by atoms with van der Waals surface area (Å²) in [5.74, 6) is 0. The summed E-state index contributed by atoms with van der Waals surface area (Å²) in [6.07, 6.45) is 2.90. The molecule has 1 fully saturated rings. The second kappa shape index (κ2) is 3.74. The SMILES string of the molecule is NC(=O)OCC1(F)CCCCC1. The molecular weight excluding hydrogens is 161 g/mol. The van der Waals surface area contributed by atoms with Gasteiger partial charge < -0.3 is 10.5 Å². The summed E-state index contributed by atoms with van der Waals surface area (Å²) >= 11 is 0. The van der Waals surface area contributed by atoms with Crippen molar-refractivity contribution in [2.75, 3.05) is 6.61 Å². The Morgan fingerprint density at radius 1 is 1.42 bits per heavy atom. The molecule has 70 valence electrons. The average molecular weight is 175 g/mol. The largest absolute Gasteiger partial charge is 0.446 e. The number of halogens is 1. The third-order valence-corrected chi connectivity index (χ3v) is 2.22. The van der Waals surface area contributed by atoms with E-state index in [1.54, 1.807) is 0 Å². The standard InChI is InChI=1S/C8H14FNO2/c9-8(6-12-7(10)11)4-2-1-3-5-8/h1-6H2,(H2,10,11). The molecule has 0 aromatic heterocycles. The first-order chi connectivity index (χ1) is 5.62. The Hall–Kier alpha value is -0.800. The molecule has 0 unspecified atom stereocenters. The van der Waals surface area contributed by atoms with Crippen LogP contribution in [0.4, 0.5) is 9.18 Å². The normalized spacial score (nSPS) is 21.8. The summed E-state index contributed by atoms with van der Waals surface area (Å²) in [6.45, 7) is -0.178. The van der Waals surface area contributed by atoms with Crippen LogP contribution >= 0.6 is 0 Å². The van der Waals surface area contributed by atoms with Crippen molar-refractivity contribution in [3.05, 3.63) is 0 Å². The Morgan fingerprint density at radius 3 is 2.50 bits per heavy atom. The second-order valence-corrected chi connectivity index (χ2v) is 3.32. The van der Waals surface area contributed by atoms with E-state index < -0.39 is 11.8 Å². The summed E-state index contributed by atoms with van der Waals surface area (Å²) < 4.78 is 18.0. The predicted molar refractivity (Wildman–Crippen MR) is 42.5 cm³/mol. The van der Waals surface area contributed by atoms with Gasteiger partial charge in [-0.15, -0.1) is 0 Å². The van der Waals surface area contributed by atoms with E-state index in [1.165, 1.54) is 0 Å². The molecule has 0 atom stereocenters. The van der Waals surface area contributed by atoms with Crippen molar-refractivity contribution in [2.45, 2.75) is 37.8 Å². The fourth-order valence-electron chi connectivity index (χ4n) is 1.53. The molecule has 12 heavy (non-hydrogen) atoms. The Morgan fingerprint density at radius 2 is 2.00 bits per heavy atom. The van der Waals surface area contributed by atoms with E-state index in [-0.39, 0.29) is 6.61 Å². The third-order valence-electron chi connectivity index (χ3n) is 2.22. The van der Waals surface area contributed by atoms with Gasteiger partial charge in [-0.3, -0.25) is 0 Å². The van der Waals surface area contributed by atoms with E-state index in [2.05, 4.69) is 4.74 Å². The minimum Gasteiger partial charge on any atom is -0.446 e. The highest BCUT2D eigenvalue weighted by atomic mass is 19.1. The molecule has 0 heterocycles. The van der Waals surface area contributed by atoms with E-state index >= 15 is 0 Å². The minimum atomic E-state index is -1.31. The van der Waals surface area contributed by atoms with Gasteiger partial charge in [0.05, 0.1) is 0 Å². The first-order valence-corrected chi connectivity index (χ1v) is 4.24. The molecule has 0 saturated heterocycles. The molecule has 1 aliphatic rings. The number of hydrogen-bond acceptors (Lipinski definition) is 2. The van der Waals surface area contributed by atoms with E-state index in [9.17, 15) is 9.18 Å². The molecule has 1 amide bonds. The average Bonchev–Trinajstić information content (AvgIpc) is 2.03. The van der Waals surface area contributed by atoms with Crippen molar-refractivity contribution in [2.24, 2.45) is 5.73 Å². The maximum atomic E-state index is 13.6. The quantitative estimate of drug-likeness (QED) is 0.695. The van der Waals surface area contributed by atoms with Crippen LogP contribution in [0.1, 0.15) is 32.1 Å². The summed E-state index contributed by atoms with van der Waals surface area (Å²) in [4.78, 5) is 10.2. The minimum absolute atomic E-state index is 0.178. The number of primary amides is 1. The number of ether oxygens (including phenoxy) is 1. The van der Waals surface area contributed by atoms with Crippen LogP contribution in [0.15, 0.2) is 0 Å². The zero-order valence-corrected chi connectivity index (χ0v) is 7.01. The monoisotopic (exact) mass is 175 g/mol. The predicted octanol–water partition coefficient (Wildman–Crippen LogP) is 1.75. The Kier molecular flexibility index (Phi) is 2.89. The molecule has 0 aromatic rings. The number of hydrogen-bond donors (Lipinski definition) is 1. The van der Waals surface area contributed by atoms with Crippen LogP contribution < -0.4 is 5.73 Å². The van der Waals surface area contributed by atoms with Crippen LogP contribution in [0.25, 0.3) is 0 Å². The van der Waals surface area contributed by atoms with Crippen molar-refractivity contribution < 1.29 is 13.9 Å². The Bertz CT molecular complexity index is 166. The van der Waals surface area contributed by atoms with Crippen LogP contribution in [-0.4, -0.2) is 18.4 Å². The smallest absolute Gasteiger partial charge is 0.404 e. The molecule has 0 radical (unpaired) electrons. The lowest BCUT2D eigenvalue weighted by atomic mass is 9.87. The van der Waals surface area contributed by atoms with E-state index in [0.717, 1.165) is 19.3 Å². The van der Waals surface area contributed by atoms with Gasteiger partial charge >= 0.3 is 6.09 Å². The first-order valence-electron chi connectivity index (χ1n) is 4.24. The molecule has 2 N–H and O–H groups in total. The lowest BCUT2D eigenvalue weighted by Crippen LogP contribution is -2.34. The Labute approximate surface area is 71.1 Å². The zero-order valence-electron chi connectivity index (χ0n) is 7.01. The van der Waals surface area contributed by atoms with Gasteiger partial charge in [0.15, 0.2) is 0 Å². The first kappa shape index (κ1) is 9.29. The van der Waals surface area contributed by atoms with Crippen LogP contribution in [0.2, 0.25) is 0 Å². The highest BCUT2D eigenvalue weighted by Crippen LogP contribution is 2.31. The second-order valence-electron chi connectivity index (χ2n) is 3.32. The molecule has 0 spiro atoms. The van der Waals surface area contributed by atoms with Gasteiger partial charge in [-0.25, -0.2) is 9.18 Å². The molecule has 0 bridgehead atoms. The van der Waals surface area contributed by atoms with Crippen LogP contribution in [0.5, 0.6) is 0 Å². The topological polar surface area (TPSA) is 52.3 Å². The molecule has 0 aliphatic heterocycles. The summed E-state index contributed by atoms with van der Waals surface area (Å²) in [6, 6.07) is 0. The van der Waals surface area contributed by atoms with Crippen LogP contribution in [0.3, 0.4) is 0 Å². The number of carbonyl (C=O) groups excluding carboxylic acids is 1. The van der Waals surface area contributed by atoms with Crippen molar-refractivity contribution in [1.29, 1.82) is 0 Å². The van der Waals surface area contributed by atoms with Gasteiger partial charge in [0.25, 0.3) is 0 Å². The van der Waals surface area contributed by atoms with Gasteiger partial charge in [-0.1, -0.05) is 19.3 Å². The highest BCUT2D eigenvalue weighted by molar-refractivity contribution is 5.64. The number of rotatable bonds is 2. The van der Waals surface area contributed by atoms with E-state index in [1.807, 2.05) is 0 Å². The summed E-state index contributed by atoms with van der Waals surface area (Å²) in [7, 11) is 0. The van der Waals surface area contributed by atoms with Gasteiger partial charge in [-0.2, -0.15) is 0 Å². The fourth-order valence-corrected chi connectivity index (χ4v) is 1.53. The lowest BCUT2D eigenvalue weighted by molar-refractivity contribution is 0.0250. The molecular formula is C8H14FNO2. The molecule has 1 aliphatic carbocycles. The number of nitrogens with two attached hydrogens (primary N) is 1. The van der Waals surface area contributed by atoms with Gasteiger partial charge in [0.2, 0.25) is 0 Å². The number of amides is 1. The van der Waals surface area contributed by atoms with Crippen LogP contribution in [0, 0.1) is 0 Å². The van der Waals surface area contributed by atoms with Crippen LogP contribution in [-0.2, 0) is 4.74 Å². The van der Waals surface area contributed by atoms with Crippen molar-refractivity contribution in [3.8, 4) is 0 Å². The van der Waals surface area contributed by atoms with Gasteiger partial charge in [0.1, 0.15) is 12.3 Å². The number of alkyl halides is 1. The zero-order chi connectivity index (χ0) is 9.03. The number of carbonyl (C=O) groups is 1. The molecule has 3 nitrogen and oxygen atoms in total. The summed E-state index contributed by atoms with van der Waals surface area (Å²) in [5, 5.41) is 0. The fraction of sp³-hybridized carbons (Fsp3) is 0.875. The molecule has 0 aromatic carbocycles.